The number of hydrogen-bond acceptors (Lipinski definition) is 3. The molecule has 20 heavy (non-hydrogen) atoms. The number of carbonyl (C=O) groups is 2. The number of benzene rings is 1. The van der Waals surface area contributed by atoms with Gasteiger partial charge >= 0.3 is 5.97 Å². The third kappa shape index (κ3) is 1.85. The van der Waals surface area contributed by atoms with E-state index in [4.69, 9.17) is 5.11 Å². The molecule has 2 heterocycles. The molecule has 1 atom stereocenters. The van der Waals surface area contributed by atoms with Crippen LogP contribution in [-0.4, -0.2) is 41.1 Å². The summed E-state index contributed by atoms with van der Waals surface area (Å²) in [5.74, 6) is -0.922. The van der Waals surface area contributed by atoms with E-state index in [-0.39, 0.29) is 17.6 Å². The van der Waals surface area contributed by atoms with Crippen molar-refractivity contribution >= 4 is 17.6 Å². The van der Waals surface area contributed by atoms with Crippen LogP contribution < -0.4 is 4.90 Å². The molecule has 0 spiro atoms. The minimum absolute atomic E-state index is 0.0336. The van der Waals surface area contributed by atoms with Crippen molar-refractivity contribution < 1.29 is 14.7 Å². The lowest BCUT2D eigenvalue weighted by Crippen LogP contribution is -2.57. The van der Waals surface area contributed by atoms with Gasteiger partial charge in [0.05, 0.1) is 16.8 Å². The molecule has 2 aliphatic rings. The number of carboxylic acid groups (broad SMARTS) is 1. The van der Waals surface area contributed by atoms with E-state index in [1.807, 2.05) is 11.8 Å². The standard InChI is InChI=1S/C15H18N2O3/c1-2-16-12-9-10(15(19)20)6-7-11(12)14(18)17-8-4-3-5-13(16)17/h6-7,9,13H,2-5,8H2,1H3,(H,19,20). The van der Waals surface area contributed by atoms with Gasteiger partial charge < -0.3 is 14.9 Å². The van der Waals surface area contributed by atoms with Gasteiger partial charge in [0.25, 0.3) is 5.91 Å². The summed E-state index contributed by atoms with van der Waals surface area (Å²) < 4.78 is 0. The van der Waals surface area contributed by atoms with Gasteiger partial charge in [0, 0.05) is 13.1 Å². The number of anilines is 1. The van der Waals surface area contributed by atoms with Crippen molar-refractivity contribution in [3.63, 3.8) is 0 Å². The summed E-state index contributed by atoms with van der Waals surface area (Å²) in [6.45, 7) is 3.60. The maximum Gasteiger partial charge on any atom is 0.335 e. The molecule has 2 aliphatic heterocycles. The number of aromatic carboxylic acids is 1. The van der Waals surface area contributed by atoms with Gasteiger partial charge in [-0.25, -0.2) is 4.79 Å². The summed E-state index contributed by atoms with van der Waals surface area (Å²) in [5.41, 5.74) is 1.62. The van der Waals surface area contributed by atoms with Crippen LogP contribution in [0.15, 0.2) is 18.2 Å². The van der Waals surface area contributed by atoms with Crippen LogP contribution in [-0.2, 0) is 0 Å². The van der Waals surface area contributed by atoms with Crippen LogP contribution in [0.25, 0.3) is 0 Å². The Bertz CT molecular complexity index is 570. The highest BCUT2D eigenvalue weighted by Gasteiger charge is 2.38. The molecule has 1 aromatic rings. The zero-order valence-corrected chi connectivity index (χ0v) is 11.5. The Morgan fingerprint density at radius 3 is 2.90 bits per heavy atom. The fourth-order valence-electron chi connectivity index (χ4n) is 3.25. The lowest BCUT2D eigenvalue weighted by Gasteiger charge is -2.47. The molecule has 5 heteroatoms. The topological polar surface area (TPSA) is 60.9 Å². The Hall–Kier alpha value is -2.04. The second-order valence-electron chi connectivity index (χ2n) is 5.30. The van der Waals surface area contributed by atoms with E-state index in [1.165, 1.54) is 6.07 Å². The summed E-state index contributed by atoms with van der Waals surface area (Å²) in [7, 11) is 0. The SMILES string of the molecule is CCN1c2cc(C(=O)O)ccc2C(=O)N2CCCCC21. The minimum Gasteiger partial charge on any atom is -0.478 e. The molecule has 3 rings (SSSR count). The Morgan fingerprint density at radius 2 is 2.20 bits per heavy atom. The molecule has 1 saturated heterocycles. The van der Waals surface area contributed by atoms with E-state index in [2.05, 4.69) is 4.90 Å². The lowest BCUT2D eigenvalue weighted by atomic mass is 9.97. The Balaban J connectivity index is 2.11. The van der Waals surface area contributed by atoms with E-state index in [0.29, 0.717) is 5.56 Å². The molecule has 0 saturated carbocycles. The van der Waals surface area contributed by atoms with Crippen LogP contribution in [0.5, 0.6) is 0 Å². The molecule has 1 amide bonds. The second kappa shape index (κ2) is 4.81. The Kier molecular flexibility index (Phi) is 3.12. The lowest BCUT2D eigenvalue weighted by molar-refractivity contribution is 0.0580. The number of hydrogen-bond donors (Lipinski definition) is 1. The molecule has 1 fully saturated rings. The van der Waals surface area contributed by atoms with Gasteiger partial charge in [-0.1, -0.05) is 0 Å². The number of fused-ring (bicyclic) bond motifs is 2. The molecule has 5 nitrogen and oxygen atoms in total. The van der Waals surface area contributed by atoms with Crippen LogP contribution in [0.1, 0.15) is 46.9 Å². The molecule has 0 aliphatic carbocycles. The highest BCUT2D eigenvalue weighted by molar-refractivity contribution is 6.03. The van der Waals surface area contributed by atoms with Crippen molar-refractivity contribution in [1.82, 2.24) is 4.90 Å². The number of carbonyl (C=O) groups excluding carboxylic acids is 1. The quantitative estimate of drug-likeness (QED) is 0.898. The predicted octanol–water partition coefficient (Wildman–Crippen LogP) is 2.18. The van der Waals surface area contributed by atoms with E-state index in [9.17, 15) is 9.59 Å². The van der Waals surface area contributed by atoms with Crippen LogP contribution in [0.2, 0.25) is 0 Å². The van der Waals surface area contributed by atoms with E-state index in [1.54, 1.807) is 12.1 Å². The van der Waals surface area contributed by atoms with Gasteiger partial charge in [0.15, 0.2) is 0 Å². The third-order valence-electron chi connectivity index (χ3n) is 4.22. The zero-order valence-electron chi connectivity index (χ0n) is 11.5. The molecule has 1 unspecified atom stereocenters. The van der Waals surface area contributed by atoms with Gasteiger partial charge in [-0.05, 0) is 44.4 Å². The fraction of sp³-hybridized carbons (Fsp3) is 0.467. The molecular formula is C15H18N2O3. The first-order chi connectivity index (χ1) is 9.63. The molecule has 1 N–H and O–H groups in total. The van der Waals surface area contributed by atoms with Gasteiger partial charge in [0.2, 0.25) is 0 Å². The van der Waals surface area contributed by atoms with E-state index >= 15 is 0 Å². The number of carboxylic acids is 1. The monoisotopic (exact) mass is 274 g/mol. The van der Waals surface area contributed by atoms with Crippen molar-refractivity contribution in [1.29, 1.82) is 0 Å². The van der Waals surface area contributed by atoms with Gasteiger partial charge in [-0.2, -0.15) is 0 Å². The van der Waals surface area contributed by atoms with Crippen LogP contribution in [0.3, 0.4) is 0 Å². The first-order valence-electron chi connectivity index (χ1n) is 7.08. The summed E-state index contributed by atoms with van der Waals surface area (Å²) in [6, 6.07) is 4.79. The molecule has 0 aromatic heterocycles. The van der Waals surface area contributed by atoms with Crippen molar-refractivity contribution in [2.24, 2.45) is 0 Å². The highest BCUT2D eigenvalue weighted by Crippen LogP contribution is 2.35. The maximum absolute atomic E-state index is 12.5. The molecule has 0 radical (unpaired) electrons. The van der Waals surface area contributed by atoms with Gasteiger partial charge in [-0.3, -0.25) is 4.79 Å². The van der Waals surface area contributed by atoms with Crippen molar-refractivity contribution in [2.45, 2.75) is 32.4 Å². The number of amides is 1. The van der Waals surface area contributed by atoms with Crippen molar-refractivity contribution in [3.05, 3.63) is 29.3 Å². The predicted molar refractivity (Wildman–Crippen MR) is 75.1 cm³/mol. The summed E-state index contributed by atoms with van der Waals surface area (Å²) in [5, 5.41) is 9.13. The van der Waals surface area contributed by atoms with Crippen molar-refractivity contribution in [2.75, 3.05) is 18.0 Å². The largest absolute Gasteiger partial charge is 0.478 e. The normalized spacial score (nSPS) is 21.4. The molecular weight excluding hydrogens is 256 g/mol. The van der Waals surface area contributed by atoms with Crippen LogP contribution >= 0.6 is 0 Å². The average Bonchev–Trinajstić information content (AvgIpc) is 2.47. The summed E-state index contributed by atoms with van der Waals surface area (Å²) in [6.07, 6.45) is 3.19. The molecule has 0 bridgehead atoms. The number of rotatable bonds is 2. The first kappa shape index (κ1) is 13.0. The summed E-state index contributed by atoms with van der Waals surface area (Å²) >= 11 is 0. The van der Waals surface area contributed by atoms with Gasteiger partial charge in [-0.15, -0.1) is 0 Å². The molecule has 1 aromatic carbocycles. The van der Waals surface area contributed by atoms with Crippen LogP contribution in [0.4, 0.5) is 5.69 Å². The highest BCUT2D eigenvalue weighted by atomic mass is 16.4. The average molecular weight is 274 g/mol. The minimum atomic E-state index is -0.956. The Labute approximate surface area is 117 Å². The zero-order chi connectivity index (χ0) is 14.3. The van der Waals surface area contributed by atoms with Crippen LogP contribution in [0, 0.1) is 0 Å². The molecule has 106 valence electrons. The van der Waals surface area contributed by atoms with Crippen molar-refractivity contribution in [3.8, 4) is 0 Å². The number of piperidine rings is 1. The number of nitrogens with zero attached hydrogens (tertiary/aromatic N) is 2. The summed E-state index contributed by atoms with van der Waals surface area (Å²) in [4.78, 5) is 27.8. The second-order valence-corrected chi connectivity index (χ2v) is 5.30. The smallest absolute Gasteiger partial charge is 0.335 e. The van der Waals surface area contributed by atoms with E-state index < -0.39 is 5.97 Å². The fourth-order valence-corrected chi connectivity index (χ4v) is 3.25. The van der Waals surface area contributed by atoms with Gasteiger partial charge in [0.1, 0.15) is 6.17 Å². The first-order valence-corrected chi connectivity index (χ1v) is 7.08. The Morgan fingerprint density at radius 1 is 1.40 bits per heavy atom. The van der Waals surface area contributed by atoms with E-state index in [0.717, 1.165) is 38.0 Å². The third-order valence-corrected chi connectivity index (χ3v) is 4.22. The maximum atomic E-state index is 12.5.